The number of amides is 1. The quantitative estimate of drug-likeness (QED) is 0.595. The van der Waals surface area contributed by atoms with E-state index in [1.54, 1.807) is 0 Å². The predicted octanol–water partition coefficient (Wildman–Crippen LogP) is 3.31. The number of rotatable bonds is 3. The van der Waals surface area contributed by atoms with Crippen LogP contribution in [0.25, 0.3) is 0 Å². The molecule has 10 heteroatoms. The van der Waals surface area contributed by atoms with E-state index in [4.69, 9.17) is 4.74 Å². The minimum absolute atomic E-state index is 0.138. The molecule has 0 N–H and O–H groups in total. The molecular formula is C24H21BrN4O4S. The van der Waals surface area contributed by atoms with E-state index < -0.39 is 15.9 Å². The molecule has 0 radical (unpaired) electrons. The van der Waals surface area contributed by atoms with Crippen molar-refractivity contribution < 1.29 is 17.9 Å². The average Bonchev–Trinajstić information content (AvgIpc) is 3.00. The van der Waals surface area contributed by atoms with Crippen LogP contribution < -0.4 is 0 Å². The van der Waals surface area contributed by atoms with Gasteiger partial charge in [0.25, 0.3) is 5.91 Å². The summed E-state index contributed by atoms with van der Waals surface area (Å²) in [5, 5.41) is 0. The van der Waals surface area contributed by atoms with Crippen LogP contribution in [0.15, 0.2) is 86.2 Å². The van der Waals surface area contributed by atoms with Crippen LogP contribution in [0.5, 0.6) is 0 Å². The highest BCUT2D eigenvalue weighted by Gasteiger charge is 2.27. The van der Waals surface area contributed by atoms with Crippen molar-refractivity contribution >= 4 is 43.5 Å². The lowest BCUT2D eigenvalue weighted by molar-refractivity contribution is 0.0730. The summed E-state index contributed by atoms with van der Waals surface area (Å²) in [6.45, 7) is 1.96. The zero-order valence-corrected chi connectivity index (χ0v) is 20.5. The Morgan fingerprint density at radius 1 is 1.03 bits per heavy atom. The Kier molecular flexibility index (Phi) is 6.30. The number of morpholine rings is 1. The second-order valence-electron chi connectivity index (χ2n) is 7.88. The molecule has 2 aromatic rings. The van der Waals surface area contributed by atoms with Crippen molar-refractivity contribution in [1.29, 1.82) is 0 Å². The lowest BCUT2D eigenvalue weighted by Crippen LogP contribution is -2.40. The number of halogens is 1. The molecule has 1 fully saturated rings. The molecule has 8 nitrogen and oxygen atoms in total. The van der Waals surface area contributed by atoms with Gasteiger partial charge in [-0.15, -0.1) is 0 Å². The molecule has 0 aromatic heterocycles. The van der Waals surface area contributed by atoms with Gasteiger partial charge in [-0.1, -0.05) is 24.3 Å². The Morgan fingerprint density at radius 2 is 1.76 bits per heavy atom. The van der Waals surface area contributed by atoms with Crippen LogP contribution in [0, 0.1) is 0 Å². The van der Waals surface area contributed by atoms with Crippen molar-refractivity contribution in [1.82, 2.24) is 9.21 Å². The summed E-state index contributed by atoms with van der Waals surface area (Å²) >= 11 is 3.49. The van der Waals surface area contributed by atoms with Crippen molar-refractivity contribution in [3.63, 3.8) is 0 Å². The first kappa shape index (κ1) is 22.9. The van der Waals surface area contributed by atoms with Gasteiger partial charge in [0, 0.05) is 41.4 Å². The van der Waals surface area contributed by atoms with Gasteiger partial charge >= 0.3 is 0 Å². The van der Waals surface area contributed by atoms with E-state index in [0.29, 0.717) is 44.5 Å². The molecule has 3 heterocycles. The maximum atomic E-state index is 13.0. The third kappa shape index (κ3) is 4.54. The van der Waals surface area contributed by atoms with Crippen LogP contribution in [-0.4, -0.2) is 61.5 Å². The van der Waals surface area contributed by atoms with Gasteiger partial charge in [0.15, 0.2) is 5.84 Å². The number of sulfonamides is 1. The van der Waals surface area contributed by atoms with E-state index in [-0.39, 0.29) is 10.5 Å². The first-order chi connectivity index (χ1) is 16.4. The number of amidine groups is 2. The van der Waals surface area contributed by atoms with Crippen molar-refractivity contribution in [3.8, 4) is 0 Å². The summed E-state index contributed by atoms with van der Waals surface area (Å²) in [6, 6.07) is 13.6. The van der Waals surface area contributed by atoms with Crippen LogP contribution >= 0.6 is 15.9 Å². The molecule has 0 spiro atoms. The minimum atomic E-state index is -3.63. The molecule has 34 heavy (non-hydrogen) atoms. The lowest BCUT2D eigenvalue weighted by atomic mass is 10.1. The molecule has 3 aliphatic heterocycles. The van der Waals surface area contributed by atoms with E-state index in [9.17, 15) is 13.2 Å². The van der Waals surface area contributed by atoms with Gasteiger partial charge in [-0.25, -0.2) is 13.4 Å². The molecule has 5 rings (SSSR count). The molecule has 1 saturated heterocycles. The molecule has 0 saturated carbocycles. The van der Waals surface area contributed by atoms with E-state index in [0.717, 1.165) is 15.6 Å². The van der Waals surface area contributed by atoms with E-state index in [1.165, 1.54) is 28.6 Å². The van der Waals surface area contributed by atoms with Gasteiger partial charge in [-0.3, -0.25) is 4.79 Å². The van der Waals surface area contributed by atoms with Crippen LogP contribution in [0.2, 0.25) is 0 Å². The third-order valence-corrected chi connectivity index (χ3v) is 8.08. The van der Waals surface area contributed by atoms with Crippen LogP contribution in [0.3, 0.4) is 0 Å². The number of benzene rings is 2. The standard InChI is InChI=1S/C24H21BrN4O4S/c25-19-7-10-22-26-23(21-4-2-1-3-18(21)15-28(22)16-19)27-24(30)17-5-8-20(9-6-17)34(31,32)29-11-13-33-14-12-29/h1-10,16H,11-15H2. The average molecular weight is 541 g/mol. The van der Waals surface area contributed by atoms with Gasteiger partial charge in [0.1, 0.15) is 5.84 Å². The van der Waals surface area contributed by atoms with Gasteiger partial charge in [0.2, 0.25) is 10.0 Å². The van der Waals surface area contributed by atoms with Crippen LogP contribution in [0.4, 0.5) is 0 Å². The summed E-state index contributed by atoms with van der Waals surface area (Å²) in [5.74, 6) is 0.506. The molecule has 2 aromatic carbocycles. The first-order valence-corrected chi connectivity index (χ1v) is 13.0. The maximum absolute atomic E-state index is 13.0. The highest BCUT2D eigenvalue weighted by Crippen LogP contribution is 2.24. The molecule has 0 atom stereocenters. The number of aliphatic imine (C=N–C) groups is 2. The van der Waals surface area contributed by atoms with Gasteiger partial charge in [0.05, 0.1) is 18.1 Å². The summed E-state index contributed by atoms with van der Waals surface area (Å²) in [4.78, 5) is 24.1. The van der Waals surface area contributed by atoms with Crippen molar-refractivity contribution in [2.45, 2.75) is 11.4 Å². The molecule has 174 valence electrons. The topological polar surface area (TPSA) is 91.6 Å². The Balaban J connectivity index is 1.46. The van der Waals surface area contributed by atoms with Crippen molar-refractivity contribution in [3.05, 3.63) is 88.1 Å². The maximum Gasteiger partial charge on any atom is 0.279 e. The summed E-state index contributed by atoms with van der Waals surface area (Å²) in [7, 11) is -3.63. The summed E-state index contributed by atoms with van der Waals surface area (Å²) in [6.07, 6.45) is 5.69. The summed E-state index contributed by atoms with van der Waals surface area (Å²) in [5.41, 5.74) is 2.06. The number of fused-ring (bicyclic) bond motifs is 2. The Bertz CT molecular complexity index is 1360. The Morgan fingerprint density at radius 3 is 2.53 bits per heavy atom. The molecule has 0 aliphatic carbocycles. The fourth-order valence-electron chi connectivity index (χ4n) is 3.92. The largest absolute Gasteiger partial charge is 0.379 e. The number of hydrogen-bond acceptors (Lipinski definition) is 5. The lowest BCUT2D eigenvalue weighted by Gasteiger charge is -2.26. The number of allylic oxidation sites excluding steroid dienone is 2. The number of carbonyl (C=O) groups excluding carboxylic acids is 1. The smallest absolute Gasteiger partial charge is 0.279 e. The van der Waals surface area contributed by atoms with E-state index >= 15 is 0 Å². The number of ether oxygens (including phenoxy) is 1. The normalized spacial score (nSPS) is 19.7. The highest BCUT2D eigenvalue weighted by molar-refractivity contribution is 9.11. The molecule has 1 amide bonds. The first-order valence-electron chi connectivity index (χ1n) is 10.7. The van der Waals surface area contributed by atoms with Gasteiger partial charge < -0.3 is 9.64 Å². The molecule has 0 bridgehead atoms. The molecule has 3 aliphatic rings. The number of hydrogen-bond donors (Lipinski definition) is 0. The predicted molar refractivity (Wildman–Crippen MR) is 132 cm³/mol. The minimum Gasteiger partial charge on any atom is -0.379 e. The Labute approximate surface area is 206 Å². The van der Waals surface area contributed by atoms with Crippen LogP contribution in [-0.2, 0) is 21.3 Å². The van der Waals surface area contributed by atoms with Crippen molar-refractivity contribution in [2.75, 3.05) is 26.3 Å². The fourth-order valence-corrected chi connectivity index (χ4v) is 5.70. The third-order valence-electron chi connectivity index (χ3n) is 5.70. The number of nitrogens with zero attached hydrogens (tertiary/aromatic N) is 4. The summed E-state index contributed by atoms with van der Waals surface area (Å²) < 4.78 is 33.2. The van der Waals surface area contributed by atoms with E-state index in [2.05, 4.69) is 25.9 Å². The van der Waals surface area contributed by atoms with Gasteiger partial charge in [-0.05, 0) is 57.9 Å². The zero-order valence-electron chi connectivity index (χ0n) is 18.1. The van der Waals surface area contributed by atoms with E-state index in [1.807, 2.05) is 47.5 Å². The highest BCUT2D eigenvalue weighted by atomic mass is 79.9. The van der Waals surface area contributed by atoms with Gasteiger partial charge in [-0.2, -0.15) is 9.30 Å². The number of carbonyl (C=O) groups is 1. The monoisotopic (exact) mass is 540 g/mol. The second-order valence-corrected chi connectivity index (χ2v) is 10.7. The molecular weight excluding hydrogens is 520 g/mol. The van der Waals surface area contributed by atoms with Crippen LogP contribution in [0.1, 0.15) is 21.5 Å². The second kappa shape index (κ2) is 9.38. The zero-order chi connectivity index (χ0) is 23.7. The molecule has 0 unspecified atom stereocenters. The fraction of sp³-hybridized carbons (Fsp3) is 0.208. The van der Waals surface area contributed by atoms with Crippen molar-refractivity contribution in [2.24, 2.45) is 9.98 Å². The SMILES string of the molecule is O=C(N=C1N=C2C=CC(Br)=CN2Cc2ccccc21)c1ccc(S(=O)(=O)N2CCOCC2)cc1. The Hall–Kier alpha value is -2.92.